The predicted octanol–water partition coefficient (Wildman–Crippen LogP) is 1.66. The molecule has 0 heterocycles. The molecule has 1 aromatic carbocycles. The topological polar surface area (TPSA) is 47.7 Å². The van der Waals surface area contributed by atoms with E-state index >= 15 is 0 Å². The third-order valence-corrected chi connectivity index (χ3v) is 2.66. The van der Waals surface area contributed by atoms with Crippen molar-refractivity contribution in [3.8, 4) is 11.5 Å². The highest BCUT2D eigenvalue weighted by Gasteiger charge is 2.07. The number of hydrogen-bond acceptors (Lipinski definition) is 4. The van der Waals surface area contributed by atoms with Crippen LogP contribution in [-0.4, -0.2) is 45.3 Å². The van der Waals surface area contributed by atoms with Crippen LogP contribution < -0.4 is 15.2 Å². The number of nitrogens with two attached hydrogens (primary N) is 1. The zero-order chi connectivity index (χ0) is 13.5. The number of ether oxygens (including phenoxy) is 2. The van der Waals surface area contributed by atoms with Gasteiger partial charge in [-0.05, 0) is 45.1 Å². The minimum Gasteiger partial charge on any atom is -0.493 e. The molecule has 4 heteroatoms. The van der Waals surface area contributed by atoms with Crippen molar-refractivity contribution < 1.29 is 9.47 Å². The molecule has 0 saturated carbocycles. The van der Waals surface area contributed by atoms with E-state index in [1.807, 2.05) is 39.2 Å². The monoisotopic (exact) mass is 252 g/mol. The van der Waals surface area contributed by atoms with Gasteiger partial charge in [-0.1, -0.05) is 6.07 Å². The standard InChI is InChI=1S/C14H24N2O2/c1-11-5-6-13(14(9-11)17-4)18-8-7-12(15)10-16(2)3/h5-6,9,12H,7-8,10,15H2,1-4H3. The molecule has 2 N–H and O–H groups in total. The Balaban J connectivity index is 2.44. The molecule has 1 atom stereocenters. The Labute approximate surface area is 110 Å². The van der Waals surface area contributed by atoms with E-state index < -0.39 is 0 Å². The lowest BCUT2D eigenvalue weighted by atomic mass is 10.2. The zero-order valence-electron chi connectivity index (χ0n) is 11.8. The number of nitrogens with zero attached hydrogens (tertiary/aromatic N) is 1. The Kier molecular flexibility index (Phi) is 5.95. The van der Waals surface area contributed by atoms with E-state index in [4.69, 9.17) is 15.2 Å². The van der Waals surface area contributed by atoms with Gasteiger partial charge in [-0.25, -0.2) is 0 Å². The summed E-state index contributed by atoms with van der Waals surface area (Å²) in [6, 6.07) is 6.05. The van der Waals surface area contributed by atoms with Crippen molar-refractivity contribution in [2.75, 3.05) is 34.4 Å². The summed E-state index contributed by atoms with van der Waals surface area (Å²) in [5.41, 5.74) is 7.14. The van der Waals surface area contributed by atoms with Gasteiger partial charge < -0.3 is 20.1 Å². The molecule has 102 valence electrons. The molecule has 18 heavy (non-hydrogen) atoms. The highest BCUT2D eigenvalue weighted by atomic mass is 16.5. The highest BCUT2D eigenvalue weighted by molar-refractivity contribution is 5.42. The average Bonchev–Trinajstić information content (AvgIpc) is 2.30. The van der Waals surface area contributed by atoms with Crippen LogP contribution in [0.1, 0.15) is 12.0 Å². The van der Waals surface area contributed by atoms with E-state index in [0.717, 1.165) is 30.0 Å². The molecule has 0 bridgehead atoms. The summed E-state index contributed by atoms with van der Waals surface area (Å²) in [7, 11) is 5.69. The minimum atomic E-state index is 0.136. The van der Waals surface area contributed by atoms with Crippen molar-refractivity contribution in [3.05, 3.63) is 23.8 Å². The fourth-order valence-electron chi connectivity index (χ4n) is 1.77. The number of rotatable bonds is 7. The Morgan fingerprint density at radius 1 is 1.28 bits per heavy atom. The molecule has 0 aromatic heterocycles. The van der Waals surface area contributed by atoms with E-state index in [0.29, 0.717) is 6.61 Å². The SMILES string of the molecule is COc1cc(C)ccc1OCCC(N)CN(C)C. The molecule has 1 aromatic rings. The molecule has 0 amide bonds. The number of hydrogen-bond donors (Lipinski definition) is 1. The summed E-state index contributed by atoms with van der Waals surface area (Å²) in [5, 5.41) is 0. The van der Waals surface area contributed by atoms with E-state index in [-0.39, 0.29) is 6.04 Å². The van der Waals surface area contributed by atoms with Crippen LogP contribution in [0, 0.1) is 6.92 Å². The minimum absolute atomic E-state index is 0.136. The van der Waals surface area contributed by atoms with Crippen molar-refractivity contribution in [2.24, 2.45) is 5.73 Å². The molecule has 0 spiro atoms. The third kappa shape index (κ3) is 4.94. The Morgan fingerprint density at radius 3 is 2.61 bits per heavy atom. The van der Waals surface area contributed by atoms with Gasteiger partial charge in [0.15, 0.2) is 11.5 Å². The van der Waals surface area contributed by atoms with Crippen molar-refractivity contribution in [3.63, 3.8) is 0 Å². The van der Waals surface area contributed by atoms with Crippen molar-refractivity contribution in [1.29, 1.82) is 0 Å². The number of methoxy groups -OCH3 is 1. The first-order valence-corrected chi connectivity index (χ1v) is 6.20. The van der Waals surface area contributed by atoms with Crippen LogP contribution in [0.2, 0.25) is 0 Å². The smallest absolute Gasteiger partial charge is 0.161 e. The van der Waals surface area contributed by atoms with Crippen molar-refractivity contribution in [1.82, 2.24) is 4.90 Å². The maximum atomic E-state index is 5.98. The van der Waals surface area contributed by atoms with Crippen molar-refractivity contribution >= 4 is 0 Å². The molecule has 0 fully saturated rings. The first kappa shape index (κ1) is 14.8. The van der Waals surface area contributed by atoms with Crippen LogP contribution in [0.15, 0.2) is 18.2 Å². The first-order chi connectivity index (χ1) is 8.52. The van der Waals surface area contributed by atoms with Gasteiger partial charge in [-0.15, -0.1) is 0 Å². The van der Waals surface area contributed by atoms with Crippen LogP contribution in [0.5, 0.6) is 11.5 Å². The third-order valence-electron chi connectivity index (χ3n) is 2.66. The van der Waals surface area contributed by atoms with E-state index in [1.165, 1.54) is 0 Å². The average molecular weight is 252 g/mol. The second-order valence-electron chi connectivity index (χ2n) is 4.81. The lowest BCUT2D eigenvalue weighted by Crippen LogP contribution is -2.34. The predicted molar refractivity (Wildman–Crippen MR) is 74.4 cm³/mol. The zero-order valence-corrected chi connectivity index (χ0v) is 11.8. The first-order valence-electron chi connectivity index (χ1n) is 6.20. The van der Waals surface area contributed by atoms with E-state index in [9.17, 15) is 0 Å². The molecule has 0 aliphatic rings. The van der Waals surface area contributed by atoms with Gasteiger partial charge in [0.1, 0.15) is 0 Å². The Hall–Kier alpha value is -1.26. The van der Waals surface area contributed by atoms with Crippen LogP contribution in [-0.2, 0) is 0 Å². The molecule has 0 saturated heterocycles. The number of likely N-dealkylation sites (N-methyl/N-ethyl adjacent to an activating group) is 1. The molecule has 0 radical (unpaired) electrons. The number of benzene rings is 1. The molecular weight excluding hydrogens is 228 g/mol. The Bertz CT molecular complexity index is 367. The van der Waals surface area contributed by atoms with Gasteiger partial charge in [0, 0.05) is 12.6 Å². The van der Waals surface area contributed by atoms with Gasteiger partial charge in [-0.3, -0.25) is 0 Å². The van der Waals surface area contributed by atoms with Crippen molar-refractivity contribution in [2.45, 2.75) is 19.4 Å². The molecule has 4 nitrogen and oxygen atoms in total. The fourth-order valence-corrected chi connectivity index (χ4v) is 1.77. The molecule has 1 unspecified atom stereocenters. The summed E-state index contributed by atoms with van der Waals surface area (Å²) in [5.74, 6) is 1.55. The lowest BCUT2D eigenvalue weighted by molar-refractivity contribution is 0.264. The van der Waals surface area contributed by atoms with E-state index in [1.54, 1.807) is 7.11 Å². The summed E-state index contributed by atoms with van der Waals surface area (Å²) in [4.78, 5) is 2.08. The highest BCUT2D eigenvalue weighted by Crippen LogP contribution is 2.27. The molecule has 0 aliphatic carbocycles. The second kappa shape index (κ2) is 7.24. The maximum absolute atomic E-state index is 5.98. The molecule has 0 aliphatic heterocycles. The quantitative estimate of drug-likeness (QED) is 0.802. The molecule has 1 rings (SSSR count). The lowest BCUT2D eigenvalue weighted by Gasteiger charge is -2.17. The van der Waals surface area contributed by atoms with E-state index in [2.05, 4.69) is 4.90 Å². The summed E-state index contributed by atoms with van der Waals surface area (Å²) in [6.07, 6.45) is 0.829. The number of aryl methyl sites for hydroxylation is 1. The van der Waals surface area contributed by atoms with Gasteiger partial charge in [-0.2, -0.15) is 0 Å². The maximum Gasteiger partial charge on any atom is 0.161 e. The summed E-state index contributed by atoms with van der Waals surface area (Å²) >= 11 is 0. The second-order valence-corrected chi connectivity index (χ2v) is 4.81. The summed E-state index contributed by atoms with van der Waals surface area (Å²) < 4.78 is 11.0. The summed E-state index contributed by atoms with van der Waals surface area (Å²) in [6.45, 7) is 3.50. The molecular formula is C14H24N2O2. The van der Waals surface area contributed by atoms with Gasteiger partial charge >= 0.3 is 0 Å². The normalized spacial score (nSPS) is 12.6. The van der Waals surface area contributed by atoms with Gasteiger partial charge in [0.2, 0.25) is 0 Å². The van der Waals surface area contributed by atoms with Crippen LogP contribution >= 0.6 is 0 Å². The van der Waals surface area contributed by atoms with Crippen LogP contribution in [0.4, 0.5) is 0 Å². The van der Waals surface area contributed by atoms with Gasteiger partial charge in [0.05, 0.1) is 13.7 Å². The Morgan fingerprint density at radius 2 is 2.00 bits per heavy atom. The van der Waals surface area contributed by atoms with Crippen LogP contribution in [0.25, 0.3) is 0 Å². The fraction of sp³-hybridized carbons (Fsp3) is 0.571. The van der Waals surface area contributed by atoms with Gasteiger partial charge in [0.25, 0.3) is 0 Å². The van der Waals surface area contributed by atoms with Crippen LogP contribution in [0.3, 0.4) is 0 Å². The largest absolute Gasteiger partial charge is 0.493 e.